The first-order valence-corrected chi connectivity index (χ1v) is 5.84. The minimum atomic E-state index is -0.266. The maximum absolute atomic E-state index is 5.66. The van der Waals surface area contributed by atoms with E-state index in [0.717, 1.165) is 15.8 Å². The lowest BCUT2D eigenvalue weighted by atomic mass is 10.2. The summed E-state index contributed by atoms with van der Waals surface area (Å²) >= 11 is 3.40. The maximum Gasteiger partial charge on any atom is 0.243 e. The highest BCUT2D eigenvalue weighted by Crippen LogP contribution is 2.29. The molecule has 5 nitrogen and oxygen atoms in total. The Balaban J connectivity index is 2.36. The van der Waals surface area contributed by atoms with Crippen LogP contribution in [0.2, 0.25) is 0 Å². The van der Waals surface area contributed by atoms with Crippen LogP contribution in [0.4, 0.5) is 0 Å². The molecular formula is C11H12BrN3O2. The lowest BCUT2D eigenvalue weighted by Crippen LogP contribution is -2.04. The molecule has 0 fully saturated rings. The van der Waals surface area contributed by atoms with Gasteiger partial charge in [0.1, 0.15) is 5.75 Å². The maximum atomic E-state index is 5.66. The van der Waals surface area contributed by atoms with Crippen molar-refractivity contribution in [3.05, 3.63) is 28.6 Å². The fourth-order valence-electron chi connectivity index (χ4n) is 1.34. The van der Waals surface area contributed by atoms with Crippen LogP contribution in [0.5, 0.6) is 5.75 Å². The second kappa shape index (κ2) is 4.85. The second-order valence-corrected chi connectivity index (χ2v) is 4.45. The molecule has 0 radical (unpaired) electrons. The smallest absolute Gasteiger partial charge is 0.243 e. The molecule has 0 saturated heterocycles. The number of nitrogens with two attached hydrogens (primary N) is 1. The van der Waals surface area contributed by atoms with Gasteiger partial charge in [0.15, 0.2) is 0 Å². The fourth-order valence-corrected chi connectivity index (χ4v) is 1.88. The van der Waals surface area contributed by atoms with E-state index in [1.165, 1.54) is 0 Å². The van der Waals surface area contributed by atoms with E-state index in [1.807, 2.05) is 18.2 Å². The number of ether oxygens (including phenoxy) is 1. The zero-order valence-electron chi connectivity index (χ0n) is 9.48. The molecule has 1 atom stereocenters. The summed E-state index contributed by atoms with van der Waals surface area (Å²) in [6, 6.07) is 5.30. The number of benzene rings is 1. The number of halogens is 1. The van der Waals surface area contributed by atoms with Crippen molar-refractivity contribution < 1.29 is 9.26 Å². The molecule has 6 heteroatoms. The SMILES string of the molecule is COc1ccc(-c2noc([C@H](C)N)n2)cc1Br. The Labute approximate surface area is 107 Å². The predicted octanol–water partition coefficient (Wildman–Crippen LogP) is 2.53. The van der Waals surface area contributed by atoms with Crippen molar-refractivity contribution >= 4 is 15.9 Å². The largest absolute Gasteiger partial charge is 0.496 e. The van der Waals surface area contributed by atoms with Crippen LogP contribution in [0.3, 0.4) is 0 Å². The number of rotatable bonds is 3. The summed E-state index contributed by atoms with van der Waals surface area (Å²) in [6.07, 6.45) is 0. The molecule has 1 aromatic carbocycles. The summed E-state index contributed by atoms with van der Waals surface area (Å²) in [5.41, 5.74) is 6.50. The third-order valence-corrected chi connectivity index (χ3v) is 2.86. The van der Waals surface area contributed by atoms with Crippen molar-refractivity contribution in [2.75, 3.05) is 7.11 Å². The molecule has 0 unspecified atom stereocenters. The van der Waals surface area contributed by atoms with Crippen LogP contribution in [0.15, 0.2) is 27.2 Å². The van der Waals surface area contributed by atoms with Gasteiger partial charge in [-0.05, 0) is 41.1 Å². The van der Waals surface area contributed by atoms with Crippen molar-refractivity contribution in [2.24, 2.45) is 5.73 Å². The van der Waals surface area contributed by atoms with Gasteiger partial charge in [-0.1, -0.05) is 5.16 Å². The van der Waals surface area contributed by atoms with Crippen molar-refractivity contribution in [3.63, 3.8) is 0 Å². The average Bonchev–Trinajstić information content (AvgIpc) is 2.78. The van der Waals surface area contributed by atoms with Gasteiger partial charge < -0.3 is 15.0 Å². The molecule has 0 bridgehead atoms. The highest BCUT2D eigenvalue weighted by Gasteiger charge is 2.12. The Kier molecular flexibility index (Phi) is 3.44. The normalized spacial score (nSPS) is 12.5. The van der Waals surface area contributed by atoms with Crippen LogP contribution in [0.1, 0.15) is 18.9 Å². The van der Waals surface area contributed by atoms with Crippen LogP contribution in [0.25, 0.3) is 11.4 Å². The molecule has 2 N–H and O–H groups in total. The van der Waals surface area contributed by atoms with E-state index in [4.69, 9.17) is 15.0 Å². The van der Waals surface area contributed by atoms with E-state index in [-0.39, 0.29) is 6.04 Å². The topological polar surface area (TPSA) is 74.2 Å². The van der Waals surface area contributed by atoms with Crippen LogP contribution in [-0.2, 0) is 0 Å². The monoisotopic (exact) mass is 297 g/mol. The summed E-state index contributed by atoms with van der Waals surface area (Å²) in [5.74, 6) is 1.69. The first-order valence-electron chi connectivity index (χ1n) is 5.05. The van der Waals surface area contributed by atoms with E-state index in [0.29, 0.717) is 11.7 Å². The van der Waals surface area contributed by atoms with Gasteiger partial charge in [-0.3, -0.25) is 0 Å². The Morgan fingerprint density at radius 3 is 2.76 bits per heavy atom. The molecule has 2 rings (SSSR count). The third-order valence-electron chi connectivity index (χ3n) is 2.24. The van der Waals surface area contributed by atoms with Gasteiger partial charge in [0.2, 0.25) is 11.7 Å². The molecule has 1 heterocycles. The Morgan fingerprint density at radius 1 is 1.47 bits per heavy atom. The lowest BCUT2D eigenvalue weighted by Gasteiger charge is -2.03. The number of nitrogens with zero attached hydrogens (tertiary/aromatic N) is 2. The molecule has 2 aromatic rings. The molecule has 0 amide bonds. The molecule has 0 spiro atoms. The van der Waals surface area contributed by atoms with Gasteiger partial charge in [0.25, 0.3) is 0 Å². The second-order valence-electron chi connectivity index (χ2n) is 3.59. The van der Waals surface area contributed by atoms with Crippen LogP contribution < -0.4 is 10.5 Å². The van der Waals surface area contributed by atoms with E-state index in [2.05, 4.69) is 26.1 Å². The van der Waals surface area contributed by atoms with Crippen LogP contribution >= 0.6 is 15.9 Å². The summed E-state index contributed by atoms with van der Waals surface area (Å²) in [7, 11) is 1.61. The van der Waals surface area contributed by atoms with Crippen LogP contribution in [0, 0.1) is 0 Å². The molecule has 1 aromatic heterocycles. The third kappa shape index (κ3) is 2.48. The Hall–Kier alpha value is -1.40. The standard InChI is InChI=1S/C11H12BrN3O2/c1-6(13)11-14-10(15-17-11)7-3-4-9(16-2)8(12)5-7/h3-6H,13H2,1-2H3/t6-/m0/s1. The van der Waals surface area contributed by atoms with Crippen molar-refractivity contribution in [3.8, 4) is 17.1 Å². The summed E-state index contributed by atoms with van der Waals surface area (Å²) in [6.45, 7) is 1.79. The highest BCUT2D eigenvalue weighted by molar-refractivity contribution is 9.10. The average molecular weight is 298 g/mol. The molecule has 90 valence electrons. The van der Waals surface area contributed by atoms with Crippen molar-refractivity contribution in [1.82, 2.24) is 10.1 Å². The van der Waals surface area contributed by atoms with E-state index >= 15 is 0 Å². The van der Waals surface area contributed by atoms with E-state index < -0.39 is 0 Å². The molecular weight excluding hydrogens is 286 g/mol. The molecule has 17 heavy (non-hydrogen) atoms. The van der Waals surface area contributed by atoms with Gasteiger partial charge in [0, 0.05) is 5.56 Å². The van der Waals surface area contributed by atoms with Crippen molar-refractivity contribution in [2.45, 2.75) is 13.0 Å². The molecule has 0 aliphatic carbocycles. The quantitative estimate of drug-likeness (QED) is 0.942. The van der Waals surface area contributed by atoms with E-state index in [9.17, 15) is 0 Å². The minimum absolute atomic E-state index is 0.266. The zero-order chi connectivity index (χ0) is 12.4. The first kappa shape index (κ1) is 12.1. The van der Waals surface area contributed by atoms with Gasteiger partial charge >= 0.3 is 0 Å². The van der Waals surface area contributed by atoms with Crippen LogP contribution in [-0.4, -0.2) is 17.3 Å². The Bertz CT molecular complexity index is 525. The molecule has 0 aliphatic rings. The van der Waals surface area contributed by atoms with Gasteiger partial charge in [-0.15, -0.1) is 0 Å². The minimum Gasteiger partial charge on any atom is -0.496 e. The number of aromatic nitrogens is 2. The van der Waals surface area contributed by atoms with Gasteiger partial charge in [0.05, 0.1) is 17.6 Å². The molecule has 0 aliphatic heterocycles. The fraction of sp³-hybridized carbons (Fsp3) is 0.273. The number of hydrogen-bond acceptors (Lipinski definition) is 5. The summed E-state index contributed by atoms with van der Waals surface area (Å²) in [4.78, 5) is 4.21. The summed E-state index contributed by atoms with van der Waals surface area (Å²) < 4.78 is 11.0. The lowest BCUT2D eigenvalue weighted by molar-refractivity contribution is 0.362. The Morgan fingerprint density at radius 2 is 2.24 bits per heavy atom. The number of hydrogen-bond donors (Lipinski definition) is 1. The van der Waals surface area contributed by atoms with Crippen molar-refractivity contribution in [1.29, 1.82) is 0 Å². The highest BCUT2D eigenvalue weighted by atomic mass is 79.9. The predicted molar refractivity (Wildman–Crippen MR) is 66.6 cm³/mol. The summed E-state index contributed by atoms with van der Waals surface area (Å²) in [5, 5.41) is 3.88. The first-order chi connectivity index (χ1) is 8.11. The zero-order valence-corrected chi connectivity index (χ0v) is 11.1. The number of methoxy groups -OCH3 is 1. The van der Waals surface area contributed by atoms with Gasteiger partial charge in [-0.2, -0.15) is 4.98 Å². The van der Waals surface area contributed by atoms with E-state index in [1.54, 1.807) is 14.0 Å². The molecule has 0 saturated carbocycles. The van der Waals surface area contributed by atoms with Gasteiger partial charge in [-0.25, -0.2) is 0 Å².